The highest BCUT2D eigenvalue weighted by Gasteiger charge is 2.41. The van der Waals surface area contributed by atoms with Crippen molar-refractivity contribution in [3.63, 3.8) is 0 Å². The third-order valence-electron chi connectivity index (χ3n) is 15.2. The topological polar surface area (TPSA) is 112 Å². The van der Waals surface area contributed by atoms with Crippen molar-refractivity contribution in [2.45, 2.75) is 329 Å². The summed E-state index contributed by atoms with van der Waals surface area (Å²) in [6.07, 6.45) is 34.4. The van der Waals surface area contributed by atoms with Crippen molar-refractivity contribution in [1.29, 1.82) is 0 Å². The van der Waals surface area contributed by atoms with Gasteiger partial charge in [0.15, 0.2) is 16.6 Å². The molecule has 2 unspecified atom stereocenters. The third kappa shape index (κ3) is 37.2. The molecular weight excluding hydrogens is 895 g/mol. The summed E-state index contributed by atoms with van der Waals surface area (Å²) in [5.74, 6) is -0.958. The first-order valence-corrected chi connectivity index (χ1v) is 35.0. The first kappa shape index (κ1) is 67.7. The number of carboxylic acids is 1. The molecule has 11 heteroatoms. The van der Waals surface area contributed by atoms with Gasteiger partial charge in [-0.25, -0.2) is 0 Å². The number of hydrogen-bond donors (Lipinski definition) is 1. The van der Waals surface area contributed by atoms with Gasteiger partial charge in [0.25, 0.3) is 0 Å². The molecule has 0 amide bonds. The average molecular weight is 1010 g/mol. The Morgan fingerprint density at radius 1 is 0.449 bits per heavy atom. The van der Waals surface area contributed by atoms with E-state index in [9.17, 15) is 19.5 Å². The molecule has 0 bridgehead atoms. The summed E-state index contributed by atoms with van der Waals surface area (Å²) in [6.45, 7) is 32.1. The Morgan fingerprint density at radius 2 is 0.812 bits per heavy atom. The number of unbranched alkanes of at least 4 members (excludes halogenated alkanes) is 20. The minimum Gasteiger partial charge on any atom is -0.481 e. The smallest absolute Gasteiger partial charge is 0.306 e. The van der Waals surface area contributed by atoms with E-state index in [4.69, 9.17) is 18.3 Å². The zero-order valence-electron chi connectivity index (χ0n) is 48.1. The lowest BCUT2D eigenvalue weighted by Crippen LogP contribution is -2.50. The van der Waals surface area contributed by atoms with Gasteiger partial charge in [-0.1, -0.05) is 191 Å². The SMILES string of the molecule is CCCCCCCCCCCOC(=O)CCCC(CN(CCCC(=O)O)CC(CCCCCC(=O)OC(CCCCCCCC)CCCCCCCC)O[Si](C)(C)C(C)(C)C)O[Si](C)(C)C(C)(C)C. The Bertz CT molecular complexity index is 1250. The van der Waals surface area contributed by atoms with Crippen molar-refractivity contribution in [1.82, 2.24) is 4.90 Å². The number of carbonyl (C=O) groups excluding carboxylic acids is 2. The van der Waals surface area contributed by atoms with Gasteiger partial charge in [0.2, 0.25) is 0 Å². The summed E-state index contributed by atoms with van der Waals surface area (Å²) in [6, 6.07) is 0. The number of hydrogen-bond acceptors (Lipinski definition) is 8. The van der Waals surface area contributed by atoms with E-state index >= 15 is 0 Å². The molecule has 2 atom stereocenters. The molecule has 0 fully saturated rings. The Balaban J connectivity index is 5.82. The summed E-state index contributed by atoms with van der Waals surface area (Å²) in [5.41, 5.74) is 0. The molecule has 0 aromatic rings. The quantitative estimate of drug-likeness (QED) is 0.0362. The minimum absolute atomic E-state index is 0.0108. The predicted octanol–water partition coefficient (Wildman–Crippen LogP) is 17.5. The lowest BCUT2D eigenvalue weighted by atomic mass is 10.0. The van der Waals surface area contributed by atoms with E-state index in [1.54, 1.807) is 0 Å². The largest absolute Gasteiger partial charge is 0.481 e. The zero-order valence-corrected chi connectivity index (χ0v) is 50.1. The Labute approximate surface area is 430 Å². The van der Waals surface area contributed by atoms with E-state index < -0.39 is 22.6 Å². The van der Waals surface area contributed by atoms with Crippen molar-refractivity contribution in [2.75, 3.05) is 26.2 Å². The van der Waals surface area contributed by atoms with Gasteiger partial charge < -0.3 is 23.4 Å². The second kappa shape index (κ2) is 40.2. The van der Waals surface area contributed by atoms with Crippen LogP contribution in [0.2, 0.25) is 36.3 Å². The van der Waals surface area contributed by atoms with Gasteiger partial charge in [0.05, 0.1) is 18.8 Å². The van der Waals surface area contributed by atoms with E-state index in [1.807, 2.05) is 0 Å². The Morgan fingerprint density at radius 3 is 1.23 bits per heavy atom. The van der Waals surface area contributed by atoms with Gasteiger partial charge in [-0.05, 0) is 107 Å². The molecule has 0 aromatic heterocycles. The average Bonchev–Trinajstić information content (AvgIpc) is 3.25. The summed E-state index contributed by atoms with van der Waals surface area (Å²) in [4.78, 5) is 40.3. The van der Waals surface area contributed by atoms with E-state index in [0.29, 0.717) is 51.9 Å². The normalized spacial score (nSPS) is 13.6. The molecule has 9 nitrogen and oxygen atoms in total. The number of rotatable bonds is 47. The summed E-state index contributed by atoms with van der Waals surface area (Å²) in [5, 5.41) is 9.70. The van der Waals surface area contributed by atoms with Gasteiger partial charge in [0.1, 0.15) is 6.10 Å². The van der Waals surface area contributed by atoms with Crippen LogP contribution >= 0.6 is 0 Å². The van der Waals surface area contributed by atoms with Crippen molar-refractivity contribution < 1.29 is 37.8 Å². The van der Waals surface area contributed by atoms with Crippen LogP contribution in [0.4, 0.5) is 0 Å². The van der Waals surface area contributed by atoms with Gasteiger partial charge in [-0.3, -0.25) is 19.3 Å². The minimum atomic E-state index is -2.19. The van der Waals surface area contributed by atoms with Crippen LogP contribution < -0.4 is 0 Å². The molecular formula is C58H117NO8Si2. The maximum Gasteiger partial charge on any atom is 0.306 e. The number of ether oxygens (including phenoxy) is 2. The second-order valence-corrected chi connectivity index (χ2v) is 33.5. The fourth-order valence-electron chi connectivity index (χ4n) is 8.62. The maximum atomic E-state index is 13.3. The van der Waals surface area contributed by atoms with E-state index in [-0.39, 0.29) is 46.7 Å². The number of carboxylic acid groups (broad SMARTS) is 1. The third-order valence-corrected chi connectivity index (χ3v) is 24.3. The molecule has 0 saturated carbocycles. The van der Waals surface area contributed by atoms with Crippen molar-refractivity contribution in [3.8, 4) is 0 Å². The molecule has 0 aromatic carbocycles. The number of nitrogens with zero attached hydrogens (tertiary/aromatic N) is 1. The fraction of sp³-hybridized carbons (Fsp3) is 0.948. The van der Waals surface area contributed by atoms with E-state index in [2.05, 4.69) is 93.4 Å². The van der Waals surface area contributed by atoms with Gasteiger partial charge in [-0.2, -0.15) is 0 Å². The first-order valence-electron chi connectivity index (χ1n) is 29.2. The standard InChI is InChI=1S/C58H117NO8Si2/c1-14-17-20-23-26-27-28-31-37-48-64-55(62)46-38-43-53(67-69(12,13)58(7,8)9)50-59(47-39-44-54(60)61)49-52(66-68(10,11)57(4,5)6)42-35-32-36-45-56(63)65-51(40-33-29-24-21-18-15-2)41-34-30-25-22-19-16-3/h51-53H,14-50H2,1-13H3,(H,60,61). The van der Waals surface area contributed by atoms with Crippen LogP contribution in [0, 0.1) is 0 Å². The molecule has 0 aliphatic heterocycles. The zero-order chi connectivity index (χ0) is 52.0. The molecule has 1 N–H and O–H groups in total. The molecule has 0 spiro atoms. The molecule has 0 heterocycles. The molecule has 0 aliphatic carbocycles. The summed E-state index contributed by atoms with van der Waals surface area (Å²) >= 11 is 0. The summed E-state index contributed by atoms with van der Waals surface area (Å²) in [7, 11) is -4.35. The van der Waals surface area contributed by atoms with Crippen LogP contribution in [0.3, 0.4) is 0 Å². The van der Waals surface area contributed by atoms with Gasteiger partial charge in [-0.15, -0.1) is 0 Å². The molecule has 69 heavy (non-hydrogen) atoms. The van der Waals surface area contributed by atoms with Gasteiger partial charge in [0, 0.05) is 32.4 Å². The van der Waals surface area contributed by atoms with Crippen LogP contribution in [0.1, 0.15) is 274 Å². The number of esters is 2. The van der Waals surface area contributed by atoms with Crippen LogP contribution in [0.15, 0.2) is 0 Å². The van der Waals surface area contributed by atoms with E-state index in [1.165, 1.54) is 109 Å². The van der Waals surface area contributed by atoms with Crippen molar-refractivity contribution in [2.24, 2.45) is 0 Å². The molecule has 0 radical (unpaired) electrons. The highest BCUT2D eigenvalue weighted by molar-refractivity contribution is 6.74. The van der Waals surface area contributed by atoms with E-state index in [0.717, 1.165) is 70.6 Å². The van der Waals surface area contributed by atoms with Crippen molar-refractivity contribution in [3.05, 3.63) is 0 Å². The van der Waals surface area contributed by atoms with Crippen LogP contribution in [0.5, 0.6) is 0 Å². The Kier molecular flexibility index (Phi) is 39.4. The predicted molar refractivity (Wildman–Crippen MR) is 298 cm³/mol. The maximum absolute atomic E-state index is 13.3. The lowest BCUT2D eigenvalue weighted by Gasteiger charge is -2.42. The Hall–Kier alpha value is -1.28. The number of carbonyl (C=O) groups is 3. The first-order chi connectivity index (χ1) is 32.6. The number of aliphatic carboxylic acids is 1. The highest BCUT2D eigenvalue weighted by Crippen LogP contribution is 2.39. The second-order valence-electron chi connectivity index (χ2n) is 24.0. The molecule has 0 rings (SSSR count). The molecule has 0 aliphatic rings. The molecule has 0 saturated heterocycles. The van der Waals surface area contributed by atoms with Crippen LogP contribution in [0.25, 0.3) is 0 Å². The van der Waals surface area contributed by atoms with Gasteiger partial charge >= 0.3 is 17.9 Å². The highest BCUT2D eigenvalue weighted by atomic mass is 28.4. The monoisotopic (exact) mass is 1010 g/mol. The van der Waals surface area contributed by atoms with Crippen molar-refractivity contribution >= 4 is 34.5 Å². The lowest BCUT2D eigenvalue weighted by molar-refractivity contribution is -0.150. The van der Waals surface area contributed by atoms with Crippen LogP contribution in [-0.2, 0) is 32.7 Å². The van der Waals surface area contributed by atoms with Crippen LogP contribution in [-0.4, -0.2) is 89.1 Å². The summed E-state index contributed by atoms with van der Waals surface area (Å²) < 4.78 is 26.2. The molecule has 410 valence electrons. The fourth-order valence-corrected chi connectivity index (χ4v) is 11.4.